The standard InChI is InChI=1S/C19H22F3N5O/c1-3-26-8-10-27(11-9-26)18(28)16-12-17(24-13(2)23-16)25-15-6-4-14(5-7-15)19(20,21)22/h4-7,12H,3,8-11H2,1-2H3,(H,23,24,25). The van der Waals surface area contributed by atoms with Crippen molar-refractivity contribution in [3.8, 4) is 0 Å². The number of rotatable bonds is 4. The van der Waals surface area contributed by atoms with Gasteiger partial charge in [0.2, 0.25) is 0 Å². The minimum atomic E-state index is -4.38. The Morgan fingerprint density at radius 2 is 1.75 bits per heavy atom. The summed E-state index contributed by atoms with van der Waals surface area (Å²) in [6, 6.07) is 6.17. The van der Waals surface area contributed by atoms with E-state index in [0.29, 0.717) is 30.4 Å². The van der Waals surface area contributed by atoms with Crippen molar-refractivity contribution in [2.75, 3.05) is 38.0 Å². The fourth-order valence-electron chi connectivity index (χ4n) is 3.06. The van der Waals surface area contributed by atoms with Crippen molar-refractivity contribution >= 4 is 17.4 Å². The first-order chi connectivity index (χ1) is 13.3. The molecule has 1 aromatic carbocycles. The molecule has 1 aliphatic rings. The van der Waals surface area contributed by atoms with E-state index in [2.05, 4.69) is 27.1 Å². The second kappa shape index (κ2) is 8.14. The summed E-state index contributed by atoms with van der Waals surface area (Å²) in [5.74, 6) is 0.604. The van der Waals surface area contributed by atoms with Crippen LogP contribution in [0.1, 0.15) is 28.8 Å². The molecule has 0 bridgehead atoms. The average molecular weight is 393 g/mol. The highest BCUT2D eigenvalue weighted by atomic mass is 19.4. The van der Waals surface area contributed by atoms with Crippen LogP contribution in [0.3, 0.4) is 0 Å². The van der Waals surface area contributed by atoms with Crippen LogP contribution in [0.15, 0.2) is 30.3 Å². The van der Waals surface area contributed by atoms with E-state index in [1.54, 1.807) is 11.8 Å². The molecule has 2 heterocycles. The van der Waals surface area contributed by atoms with Gasteiger partial charge in [0.1, 0.15) is 17.3 Å². The van der Waals surface area contributed by atoms with Crippen LogP contribution in [0.2, 0.25) is 0 Å². The number of amides is 1. The van der Waals surface area contributed by atoms with E-state index < -0.39 is 11.7 Å². The summed E-state index contributed by atoms with van der Waals surface area (Å²) in [7, 11) is 0. The third-order valence-corrected chi connectivity index (χ3v) is 4.65. The molecule has 0 saturated carbocycles. The molecular weight excluding hydrogens is 371 g/mol. The van der Waals surface area contributed by atoms with Gasteiger partial charge in [0, 0.05) is 37.9 Å². The SMILES string of the molecule is CCN1CCN(C(=O)c2cc(Nc3ccc(C(F)(F)F)cc3)nc(C)n2)CC1. The van der Waals surface area contributed by atoms with Crippen molar-refractivity contribution < 1.29 is 18.0 Å². The summed E-state index contributed by atoms with van der Waals surface area (Å²) in [5.41, 5.74) is -0.00748. The zero-order chi connectivity index (χ0) is 20.3. The van der Waals surface area contributed by atoms with Crippen molar-refractivity contribution in [3.63, 3.8) is 0 Å². The van der Waals surface area contributed by atoms with E-state index in [0.717, 1.165) is 31.8 Å². The Morgan fingerprint density at radius 1 is 1.11 bits per heavy atom. The Balaban J connectivity index is 1.73. The zero-order valence-corrected chi connectivity index (χ0v) is 15.8. The van der Waals surface area contributed by atoms with Gasteiger partial charge in [0.25, 0.3) is 5.91 Å². The van der Waals surface area contributed by atoms with Crippen LogP contribution >= 0.6 is 0 Å². The van der Waals surface area contributed by atoms with E-state index in [1.807, 2.05) is 0 Å². The maximum absolute atomic E-state index is 12.8. The lowest BCUT2D eigenvalue weighted by molar-refractivity contribution is -0.137. The van der Waals surface area contributed by atoms with Gasteiger partial charge in [-0.1, -0.05) is 6.92 Å². The Morgan fingerprint density at radius 3 is 2.32 bits per heavy atom. The first kappa shape index (κ1) is 20.1. The van der Waals surface area contributed by atoms with Crippen LogP contribution in [-0.2, 0) is 6.18 Å². The van der Waals surface area contributed by atoms with Crippen molar-refractivity contribution in [2.45, 2.75) is 20.0 Å². The van der Waals surface area contributed by atoms with E-state index in [-0.39, 0.29) is 11.6 Å². The zero-order valence-electron chi connectivity index (χ0n) is 15.8. The number of carbonyl (C=O) groups excluding carboxylic acids is 1. The molecule has 6 nitrogen and oxygen atoms in total. The molecular formula is C19H22F3N5O. The van der Waals surface area contributed by atoms with Gasteiger partial charge in [-0.3, -0.25) is 4.79 Å². The summed E-state index contributed by atoms with van der Waals surface area (Å²) >= 11 is 0. The Bertz CT molecular complexity index is 830. The predicted octanol–water partition coefficient (Wildman–Crippen LogP) is 3.33. The lowest BCUT2D eigenvalue weighted by Crippen LogP contribution is -2.48. The molecule has 28 heavy (non-hydrogen) atoms. The third-order valence-electron chi connectivity index (χ3n) is 4.65. The smallest absolute Gasteiger partial charge is 0.340 e. The molecule has 1 aromatic heterocycles. The van der Waals surface area contributed by atoms with E-state index in [1.165, 1.54) is 18.2 Å². The van der Waals surface area contributed by atoms with Crippen LogP contribution in [0.25, 0.3) is 0 Å². The molecule has 0 radical (unpaired) electrons. The predicted molar refractivity (Wildman–Crippen MR) is 99.5 cm³/mol. The highest BCUT2D eigenvalue weighted by molar-refractivity contribution is 5.93. The number of hydrogen-bond acceptors (Lipinski definition) is 5. The van der Waals surface area contributed by atoms with Crippen LogP contribution in [0.4, 0.5) is 24.7 Å². The van der Waals surface area contributed by atoms with Crippen LogP contribution in [0.5, 0.6) is 0 Å². The van der Waals surface area contributed by atoms with Crippen LogP contribution < -0.4 is 5.32 Å². The average Bonchev–Trinajstić information content (AvgIpc) is 2.67. The van der Waals surface area contributed by atoms with Crippen molar-refractivity contribution in [2.24, 2.45) is 0 Å². The number of nitrogens with one attached hydrogen (secondary N) is 1. The van der Waals surface area contributed by atoms with Gasteiger partial charge in [-0.25, -0.2) is 9.97 Å². The topological polar surface area (TPSA) is 61.4 Å². The van der Waals surface area contributed by atoms with E-state index in [9.17, 15) is 18.0 Å². The van der Waals surface area contributed by atoms with Gasteiger partial charge in [-0.15, -0.1) is 0 Å². The highest BCUT2D eigenvalue weighted by Gasteiger charge is 2.30. The molecule has 150 valence electrons. The largest absolute Gasteiger partial charge is 0.416 e. The number of aromatic nitrogens is 2. The van der Waals surface area contributed by atoms with Crippen LogP contribution in [0, 0.1) is 6.92 Å². The minimum absolute atomic E-state index is 0.170. The maximum atomic E-state index is 12.8. The number of benzene rings is 1. The summed E-state index contributed by atoms with van der Waals surface area (Å²) in [4.78, 5) is 25.3. The van der Waals surface area contributed by atoms with E-state index >= 15 is 0 Å². The number of halogens is 3. The monoisotopic (exact) mass is 393 g/mol. The van der Waals surface area contributed by atoms with Crippen molar-refractivity contribution in [3.05, 3.63) is 47.4 Å². The van der Waals surface area contributed by atoms with Gasteiger partial charge in [0.05, 0.1) is 5.56 Å². The number of piperazine rings is 1. The molecule has 0 atom stereocenters. The molecule has 0 spiro atoms. The molecule has 1 saturated heterocycles. The third kappa shape index (κ3) is 4.78. The second-order valence-electron chi connectivity index (χ2n) is 6.61. The van der Waals surface area contributed by atoms with Crippen molar-refractivity contribution in [1.82, 2.24) is 19.8 Å². The van der Waals surface area contributed by atoms with Crippen molar-refractivity contribution in [1.29, 1.82) is 0 Å². The van der Waals surface area contributed by atoms with Crippen LogP contribution in [-0.4, -0.2) is 58.4 Å². The number of hydrogen-bond donors (Lipinski definition) is 1. The lowest BCUT2D eigenvalue weighted by atomic mass is 10.2. The summed E-state index contributed by atoms with van der Waals surface area (Å²) in [6.07, 6.45) is -4.38. The number of carbonyl (C=O) groups is 1. The van der Waals surface area contributed by atoms with E-state index in [4.69, 9.17) is 0 Å². The minimum Gasteiger partial charge on any atom is -0.340 e. The summed E-state index contributed by atoms with van der Waals surface area (Å²) < 4.78 is 38.0. The summed E-state index contributed by atoms with van der Waals surface area (Å²) in [6.45, 7) is 7.63. The fraction of sp³-hybridized carbons (Fsp3) is 0.421. The van der Waals surface area contributed by atoms with Gasteiger partial charge in [-0.2, -0.15) is 13.2 Å². The molecule has 1 aliphatic heterocycles. The number of aryl methyl sites for hydroxylation is 1. The number of anilines is 2. The number of alkyl halides is 3. The molecule has 1 fully saturated rings. The second-order valence-corrected chi connectivity index (χ2v) is 6.61. The van der Waals surface area contributed by atoms with Gasteiger partial charge < -0.3 is 15.1 Å². The number of nitrogens with zero attached hydrogens (tertiary/aromatic N) is 4. The van der Waals surface area contributed by atoms with Gasteiger partial charge in [-0.05, 0) is 37.7 Å². The molecule has 3 rings (SSSR count). The van der Waals surface area contributed by atoms with Gasteiger partial charge in [0.15, 0.2) is 0 Å². The molecule has 2 aromatic rings. The maximum Gasteiger partial charge on any atom is 0.416 e. The normalized spacial score (nSPS) is 15.5. The number of likely N-dealkylation sites (N-methyl/N-ethyl adjacent to an activating group) is 1. The Labute approximate surface area is 161 Å². The molecule has 1 N–H and O–H groups in total. The fourth-order valence-corrected chi connectivity index (χ4v) is 3.06. The molecule has 0 aliphatic carbocycles. The molecule has 1 amide bonds. The molecule has 9 heteroatoms. The highest BCUT2D eigenvalue weighted by Crippen LogP contribution is 2.30. The first-order valence-electron chi connectivity index (χ1n) is 9.08. The quantitative estimate of drug-likeness (QED) is 0.864. The summed E-state index contributed by atoms with van der Waals surface area (Å²) in [5, 5.41) is 2.94. The Kier molecular flexibility index (Phi) is 5.83. The Hall–Kier alpha value is -2.68. The van der Waals surface area contributed by atoms with Gasteiger partial charge >= 0.3 is 6.18 Å². The first-order valence-corrected chi connectivity index (χ1v) is 9.08. The molecule has 0 unspecified atom stereocenters. The lowest BCUT2D eigenvalue weighted by Gasteiger charge is -2.33.